The van der Waals surface area contributed by atoms with Crippen molar-refractivity contribution in [1.82, 2.24) is 24.9 Å². The number of carbonyl (C=O) groups is 2. The number of carbonyl (C=O) groups excluding carboxylic acids is 2. The molecule has 1 fully saturated rings. The number of furan rings is 1. The second kappa shape index (κ2) is 9.36. The van der Waals surface area contributed by atoms with E-state index < -0.39 is 0 Å². The van der Waals surface area contributed by atoms with Crippen molar-refractivity contribution in [2.75, 3.05) is 45.9 Å². The Hall–Kier alpha value is -3.17. The van der Waals surface area contributed by atoms with Gasteiger partial charge in [-0.25, -0.2) is 0 Å². The van der Waals surface area contributed by atoms with E-state index in [0.29, 0.717) is 43.1 Å². The van der Waals surface area contributed by atoms with E-state index in [0.717, 1.165) is 55.9 Å². The lowest BCUT2D eigenvalue weighted by atomic mass is 10.0. The van der Waals surface area contributed by atoms with Crippen molar-refractivity contribution in [3.05, 3.63) is 53.0 Å². The van der Waals surface area contributed by atoms with Crippen LogP contribution in [0.1, 0.15) is 38.7 Å². The first kappa shape index (κ1) is 21.7. The summed E-state index contributed by atoms with van der Waals surface area (Å²) in [4.78, 5) is 30.1. The first-order valence-electron chi connectivity index (χ1n) is 11.5. The normalized spacial score (nSPS) is 16.7. The van der Waals surface area contributed by atoms with Crippen LogP contribution in [-0.4, -0.2) is 77.3 Å². The van der Waals surface area contributed by atoms with Gasteiger partial charge in [0.2, 0.25) is 0 Å². The van der Waals surface area contributed by atoms with E-state index in [1.165, 1.54) is 0 Å². The number of amides is 2. The summed E-state index contributed by atoms with van der Waals surface area (Å²) < 4.78 is 12.9. The van der Waals surface area contributed by atoms with E-state index in [9.17, 15) is 9.59 Å². The van der Waals surface area contributed by atoms with Gasteiger partial charge in [0.1, 0.15) is 5.58 Å². The fourth-order valence-corrected chi connectivity index (χ4v) is 4.60. The Morgan fingerprint density at radius 2 is 1.97 bits per heavy atom. The third-order valence-corrected chi connectivity index (χ3v) is 6.42. The summed E-state index contributed by atoms with van der Waals surface area (Å²) >= 11 is 0. The number of aromatic nitrogens is 2. The maximum absolute atomic E-state index is 13.1. The van der Waals surface area contributed by atoms with Crippen LogP contribution >= 0.6 is 0 Å². The van der Waals surface area contributed by atoms with Crippen LogP contribution in [0.3, 0.4) is 0 Å². The molecule has 1 aromatic carbocycles. The van der Waals surface area contributed by atoms with Gasteiger partial charge < -0.3 is 19.4 Å². The number of benzene rings is 1. The predicted molar refractivity (Wildman–Crippen MR) is 122 cm³/mol. The number of nitrogens with one attached hydrogen (secondary N) is 1. The zero-order valence-electron chi connectivity index (χ0n) is 18.9. The number of morpholine rings is 1. The van der Waals surface area contributed by atoms with Crippen LogP contribution in [0.5, 0.6) is 0 Å². The lowest BCUT2D eigenvalue weighted by molar-refractivity contribution is 0.0374. The van der Waals surface area contributed by atoms with Gasteiger partial charge in [-0.15, -0.1) is 0 Å². The molecule has 0 bridgehead atoms. The Labute approximate surface area is 192 Å². The van der Waals surface area contributed by atoms with Crippen LogP contribution in [0.2, 0.25) is 0 Å². The molecule has 33 heavy (non-hydrogen) atoms. The molecule has 4 heterocycles. The van der Waals surface area contributed by atoms with Gasteiger partial charge in [0.05, 0.1) is 19.8 Å². The Balaban J connectivity index is 1.23. The Kier molecular flexibility index (Phi) is 6.15. The van der Waals surface area contributed by atoms with E-state index in [1.807, 2.05) is 31.3 Å². The molecule has 5 rings (SSSR count). The molecule has 9 heteroatoms. The summed E-state index contributed by atoms with van der Waals surface area (Å²) in [5.74, 6) is -0.0397. The highest BCUT2D eigenvalue weighted by molar-refractivity contribution is 5.97. The minimum atomic E-state index is -0.188. The van der Waals surface area contributed by atoms with E-state index in [2.05, 4.69) is 15.3 Å². The fraction of sp³-hybridized carbons (Fsp3) is 0.458. The van der Waals surface area contributed by atoms with Crippen LogP contribution in [0.4, 0.5) is 0 Å². The first-order valence-corrected chi connectivity index (χ1v) is 11.5. The molecular weight excluding hydrogens is 422 g/mol. The molecule has 174 valence electrons. The molecule has 0 spiro atoms. The van der Waals surface area contributed by atoms with Gasteiger partial charge in [0.15, 0.2) is 11.5 Å². The van der Waals surface area contributed by atoms with Crippen LogP contribution in [0, 0.1) is 0 Å². The second-order valence-corrected chi connectivity index (χ2v) is 8.59. The molecular formula is C24H29N5O4. The van der Waals surface area contributed by atoms with Gasteiger partial charge in [-0.3, -0.25) is 19.2 Å². The monoisotopic (exact) mass is 451 g/mol. The molecule has 0 atom stereocenters. The van der Waals surface area contributed by atoms with Crippen LogP contribution in [0.15, 0.2) is 34.7 Å². The summed E-state index contributed by atoms with van der Waals surface area (Å²) in [6, 6.07) is 9.35. The van der Waals surface area contributed by atoms with Crippen molar-refractivity contribution >= 4 is 22.8 Å². The Bertz CT molecular complexity index is 1130. The molecule has 0 aliphatic carbocycles. The topological polar surface area (TPSA) is 92.8 Å². The first-order chi connectivity index (χ1) is 16.1. The van der Waals surface area contributed by atoms with Crippen LogP contribution in [-0.2, 0) is 24.8 Å². The maximum Gasteiger partial charge on any atom is 0.289 e. The van der Waals surface area contributed by atoms with Gasteiger partial charge in [-0.05, 0) is 25.1 Å². The minimum Gasteiger partial charge on any atom is -0.451 e. The number of hydrogen-bond donors (Lipinski definition) is 1. The smallest absolute Gasteiger partial charge is 0.289 e. The van der Waals surface area contributed by atoms with Crippen molar-refractivity contribution < 1.29 is 18.7 Å². The van der Waals surface area contributed by atoms with E-state index in [4.69, 9.17) is 9.15 Å². The SMILES string of the molecule is Cn1nc(C(=O)NCCCN2CCOCC2)c2c1CCN(C(=O)c1cc3ccccc3o1)C2. The number of fused-ring (bicyclic) bond motifs is 2. The van der Waals surface area contributed by atoms with Crippen LogP contribution < -0.4 is 5.32 Å². The molecule has 2 amide bonds. The zero-order chi connectivity index (χ0) is 22.8. The van der Waals surface area contributed by atoms with E-state index in [1.54, 1.807) is 15.6 Å². The second-order valence-electron chi connectivity index (χ2n) is 8.59. The maximum atomic E-state index is 13.1. The lowest BCUT2D eigenvalue weighted by Gasteiger charge is -2.27. The van der Waals surface area contributed by atoms with Crippen LogP contribution in [0.25, 0.3) is 11.0 Å². The summed E-state index contributed by atoms with van der Waals surface area (Å²) in [6.07, 6.45) is 1.52. The standard InChI is InChI=1S/C24H29N5O4/c1-27-19-7-10-29(24(31)21-15-17-5-2-3-6-20(17)33-21)16-18(19)22(26-27)23(30)25-8-4-9-28-11-13-32-14-12-28/h2-3,5-6,15H,4,7-14,16H2,1H3,(H,25,30). The third kappa shape index (κ3) is 4.51. The van der Waals surface area contributed by atoms with Crippen molar-refractivity contribution in [2.45, 2.75) is 19.4 Å². The van der Waals surface area contributed by atoms with Crippen molar-refractivity contribution in [1.29, 1.82) is 0 Å². The van der Waals surface area contributed by atoms with Crippen molar-refractivity contribution in [3.8, 4) is 0 Å². The third-order valence-electron chi connectivity index (χ3n) is 6.42. The summed E-state index contributed by atoms with van der Waals surface area (Å²) in [5, 5.41) is 8.38. The number of ether oxygens (including phenoxy) is 1. The van der Waals surface area contributed by atoms with Gasteiger partial charge in [-0.2, -0.15) is 5.10 Å². The average Bonchev–Trinajstić information content (AvgIpc) is 3.43. The summed E-state index contributed by atoms with van der Waals surface area (Å²) in [6.45, 7) is 5.85. The molecule has 0 radical (unpaired) electrons. The number of aryl methyl sites for hydroxylation is 1. The molecule has 1 saturated heterocycles. The molecule has 0 saturated carbocycles. The highest BCUT2D eigenvalue weighted by Crippen LogP contribution is 2.26. The number of para-hydroxylation sites is 1. The zero-order valence-corrected chi connectivity index (χ0v) is 18.9. The molecule has 9 nitrogen and oxygen atoms in total. The number of rotatable bonds is 6. The minimum absolute atomic E-state index is 0.169. The fourth-order valence-electron chi connectivity index (χ4n) is 4.60. The number of hydrogen-bond acceptors (Lipinski definition) is 6. The average molecular weight is 452 g/mol. The molecule has 2 aliphatic heterocycles. The highest BCUT2D eigenvalue weighted by Gasteiger charge is 2.30. The molecule has 2 aromatic heterocycles. The van der Waals surface area contributed by atoms with E-state index >= 15 is 0 Å². The van der Waals surface area contributed by atoms with Gasteiger partial charge in [-0.1, -0.05) is 18.2 Å². The Morgan fingerprint density at radius 3 is 2.79 bits per heavy atom. The van der Waals surface area contributed by atoms with Crippen molar-refractivity contribution in [2.24, 2.45) is 7.05 Å². The van der Waals surface area contributed by atoms with E-state index in [-0.39, 0.29) is 11.8 Å². The molecule has 1 N–H and O–H groups in total. The number of nitrogens with zero attached hydrogens (tertiary/aromatic N) is 4. The van der Waals surface area contributed by atoms with Crippen molar-refractivity contribution in [3.63, 3.8) is 0 Å². The van der Waals surface area contributed by atoms with Gasteiger partial charge in [0.25, 0.3) is 11.8 Å². The summed E-state index contributed by atoms with van der Waals surface area (Å²) in [5.41, 5.74) is 2.92. The van der Waals surface area contributed by atoms with Gasteiger partial charge >= 0.3 is 0 Å². The predicted octanol–water partition coefficient (Wildman–Crippen LogP) is 1.82. The van der Waals surface area contributed by atoms with Gasteiger partial charge in [0, 0.05) is 56.3 Å². The Morgan fingerprint density at radius 1 is 1.15 bits per heavy atom. The molecule has 2 aliphatic rings. The quantitative estimate of drug-likeness (QED) is 0.575. The largest absolute Gasteiger partial charge is 0.451 e. The molecule has 0 unspecified atom stereocenters. The highest BCUT2D eigenvalue weighted by atomic mass is 16.5. The molecule has 3 aromatic rings. The summed E-state index contributed by atoms with van der Waals surface area (Å²) in [7, 11) is 1.85. The lowest BCUT2D eigenvalue weighted by Crippen LogP contribution is -2.38.